The average Bonchev–Trinajstić information content (AvgIpc) is 2.76. The van der Waals surface area contributed by atoms with Crippen molar-refractivity contribution in [2.24, 2.45) is 5.73 Å². The van der Waals surface area contributed by atoms with E-state index in [-0.39, 0.29) is 0 Å². The van der Waals surface area contributed by atoms with Gasteiger partial charge in [0.25, 0.3) is 0 Å². The first-order chi connectivity index (χ1) is 8.20. The van der Waals surface area contributed by atoms with Gasteiger partial charge in [0.05, 0.1) is 5.69 Å². The summed E-state index contributed by atoms with van der Waals surface area (Å²) in [7, 11) is 0. The maximum Gasteiger partial charge on any atom is 0.140 e. The molecule has 0 spiro atoms. The zero-order valence-electron chi connectivity index (χ0n) is 10.1. The van der Waals surface area contributed by atoms with Crippen LogP contribution in [0.2, 0.25) is 0 Å². The van der Waals surface area contributed by atoms with Crippen LogP contribution in [0.3, 0.4) is 0 Å². The summed E-state index contributed by atoms with van der Waals surface area (Å²) in [6.45, 7) is 5.10. The molecule has 0 atom stereocenters. The molecule has 0 aliphatic rings. The summed E-state index contributed by atoms with van der Waals surface area (Å²) in [4.78, 5) is 4.37. The maximum atomic E-state index is 5.82. The van der Waals surface area contributed by atoms with Crippen LogP contribution in [0.15, 0.2) is 23.6 Å². The van der Waals surface area contributed by atoms with Crippen molar-refractivity contribution >= 4 is 11.3 Å². The van der Waals surface area contributed by atoms with Crippen LogP contribution in [0, 0.1) is 13.8 Å². The second-order valence-corrected chi connectivity index (χ2v) is 4.89. The summed E-state index contributed by atoms with van der Waals surface area (Å²) in [5.41, 5.74) is 8.75. The van der Waals surface area contributed by atoms with Gasteiger partial charge in [0.1, 0.15) is 17.4 Å². The molecule has 4 heteroatoms. The largest absolute Gasteiger partial charge is 0.486 e. The van der Waals surface area contributed by atoms with E-state index in [1.54, 1.807) is 11.3 Å². The summed E-state index contributed by atoms with van der Waals surface area (Å²) in [6, 6.07) is 6.14. The van der Waals surface area contributed by atoms with E-state index in [4.69, 9.17) is 10.5 Å². The second kappa shape index (κ2) is 5.29. The Bertz CT molecular complexity index is 488. The third kappa shape index (κ3) is 2.84. The molecule has 0 saturated heterocycles. The fraction of sp³-hybridized carbons (Fsp3) is 0.308. The zero-order chi connectivity index (χ0) is 12.3. The Kier molecular flexibility index (Phi) is 3.76. The number of rotatable bonds is 4. The van der Waals surface area contributed by atoms with Crippen LogP contribution in [0.5, 0.6) is 5.75 Å². The van der Waals surface area contributed by atoms with Crippen molar-refractivity contribution in [2.75, 3.05) is 0 Å². The molecule has 3 nitrogen and oxygen atoms in total. The summed E-state index contributed by atoms with van der Waals surface area (Å²) >= 11 is 1.59. The molecule has 1 aromatic carbocycles. The maximum absolute atomic E-state index is 5.82. The number of hydrogen-bond acceptors (Lipinski definition) is 4. The minimum atomic E-state index is 0.486. The standard InChI is InChI=1S/C13H16N2OS/c1-9-4-3-5-10(2)13(9)16-7-12-15-11(6-14)8-17-12/h3-5,8H,6-7,14H2,1-2H3. The molecule has 2 N–H and O–H groups in total. The summed E-state index contributed by atoms with van der Waals surface area (Å²) in [5, 5.41) is 2.94. The molecule has 1 aromatic heterocycles. The van der Waals surface area contributed by atoms with Crippen molar-refractivity contribution < 1.29 is 4.74 Å². The van der Waals surface area contributed by atoms with Gasteiger partial charge in [-0.1, -0.05) is 18.2 Å². The van der Waals surface area contributed by atoms with Gasteiger partial charge in [0.2, 0.25) is 0 Å². The molecule has 0 saturated carbocycles. The molecule has 0 amide bonds. The van der Waals surface area contributed by atoms with E-state index in [2.05, 4.69) is 31.0 Å². The van der Waals surface area contributed by atoms with Gasteiger partial charge in [-0.2, -0.15) is 0 Å². The van der Waals surface area contributed by atoms with Gasteiger partial charge < -0.3 is 10.5 Å². The lowest BCUT2D eigenvalue weighted by Crippen LogP contribution is -2.00. The predicted molar refractivity (Wildman–Crippen MR) is 70.3 cm³/mol. The minimum Gasteiger partial charge on any atom is -0.486 e. The van der Waals surface area contributed by atoms with Crippen molar-refractivity contribution in [3.05, 3.63) is 45.4 Å². The summed E-state index contributed by atoms with van der Waals surface area (Å²) in [5.74, 6) is 0.956. The van der Waals surface area contributed by atoms with Gasteiger partial charge in [-0.15, -0.1) is 11.3 Å². The Labute approximate surface area is 105 Å². The van der Waals surface area contributed by atoms with E-state index in [0.717, 1.165) is 27.6 Å². The highest BCUT2D eigenvalue weighted by Crippen LogP contribution is 2.23. The van der Waals surface area contributed by atoms with E-state index >= 15 is 0 Å². The molecule has 0 radical (unpaired) electrons. The minimum absolute atomic E-state index is 0.486. The number of thiazole rings is 1. The monoisotopic (exact) mass is 248 g/mol. The smallest absolute Gasteiger partial charge is 0.140 e. The van der Waals surface area contributed by atoms with Crippen LogP contribution in [-0.2, 0) is 13.2 Å². The van der Waals surface area contributed by atoms with Gasteiger partial charge in [-0.05, 0) is 25.0 Å². The normalized spacial score (nSPS) is 10.5. The van der Waals surface area contributed by atoms with Crippen LogP contribution in [0.1, 0.15) is 21.8 Å². The second-order valence-electron chi connectivity index (χ2n) is 3.95. The topological polar surface area (TPSA) is 48.1 Å². The molecule has 2 aromatic rings. The SMILES string of the molecule is Cc1cccc(C)c1OCc1nc(CN)cs1. The molecule has 1 heterocycles. The van der Waals surface area contributed by atoms with E-state index in [1.165, 1.54) is 0 Å². The van der Waals surface area contributed by atoms with Crippen LogP contribution >= 0.6 is 11.3 Å². The predicted octanol–water partition coefficient (Wildman–Crippen LogP) is 2.80. The highest BCUT2D eigenvalue weighted by molar-refractivity contribution is 7.09. The van der Waals surface area contributed by atoms with Gasteiger partial charge >= 0.3 is 0 Å². The molecule has 0 aliphatic carbocycles. The van der Waals surface area contributed by atoms with Gasteiger partial charge in [-0.3, -0.25) is 0 Å². The molecule has 90 valence electrons. The van der Waals surface area contributed by atoms with E-state index < -0.39 is 0 Å². The molecule has 17 heavy (non-hydrogen) atoms. The molecule has 0 unspecified atom stereocenters. The lowest BCUT2D eigenvalue weighted by atomic mass is 10.1. The van der Waals surface area contributed by atoms with E-state index in [0.29, 0.717) is 13.2 Å². The fourth-order valence-electron chi connectivity index (χ4n) is 1.67. The lowest BCUT2D eigenvalue weighted by Gasteiger charge is -2.10. The zero-order valence-corrected chi connectivity index (χ0v) is 10.9. The number of aromatic nitrogens is 1. The Morgan fingerprint density at radius 2 is 2.00 bits per heavy atom. The first kappa shape index (κ1) is 12.1. The van der Waals surface area contributed by atoms with Crippen molar-refractivity contribution in [2.45, 2.75) is 27.0 Å². The Hall–Kier alpha value is -1.39. The number of para-hydroxylation sites is 1. The van der Waals surface area contributed by atoms with Gasteiger partial charge in [0.15, 0.2) is 0 Å². The van der Waals surface area contributed by atoms with Gasteiger partial charge in [-0.25, -0.2) is 4.98 Å². The fourth-order valence-corrected chi connectivity index (χ4v) is 2.39. The number of nitrogens with zero attached hydrogens (tertiary/aromatic N) is 1. The van der Waals surface area contributed by atoms with Gasteiger partial charge in [0, 0.05) is 11.9 Å². The molecular weight excluding hydrogens is 232 g/mol. The highest BCUT2D eigenvalue weighted by atomic mass is 32.1. The Morgan fingerprint density at radius 3 is 2.59 bits per heavy atom. The first-order valence-corrected chi connectivity index (χ1v) is 6.41. The summed E-state index contributed by atoms with van der Waals surface area (Å²) in [6.07, 6.45) is 0. The average molecular weight is 248 g/mol. The summed E-state index contributed by atoms with van der Waals surface area (Å²) < 4.78 is 5.82. The third-order valence-electron chi connectivity index (χ3n) is 2.56. The van der Waals surface area contributed by atoms with E-state index in [9.17, 15) is 0 Å². The third-order valence-corrected chi connectivity index (χ3v) is 3.43. The van der Waals surface area contributed by atoms with Crippen LogP contribution in [0.4, 0.5) is 0 Å². The number of ether oxygens (including phenoxy) is 1. The van der Waals surface area contributed by atoms with Crippen molar-refractivity contribution in [1.29, 1.82) is 0 Å². The molecule has 2 rings (SSSR count). The molecule has 0 fully saturated rings. The van der Waals surface area contributed by atoms with E-state index in [1.807, 2.05) is 11.4 Å². The quantitative estimate of drug-likeness (QED) is 0.905. The first-order valence-electron chi connectivity index (χ1n) is 5.53. The van der Waals surface area contributed by atoms with Crippen molar-refractivity contribution in [1.82, 2.24) is 4.98 Å². The number of aryl methyl sites for hydroxylation is 2. The Morgan fingerprint density at radius 1 is 1.29 bits per heavy atom. The Balaban J connectivity index is 2.07. The van der Waals surface area contributed by atoms with Crippen molar-refractivity contribution in [3.63, 3.8) is 0 Å². The molecule has 0 bridgehead atoms. The molecular formula is C13H16N2OS. The van der Waals surface area contributed by atoms with Crippen LogP contribution in [0.25, 0.3) is 0 Å². The van der Waals surface area contributed by atoms with Crippen LogP contribution in [-0.4, -0.2) is 4.98 Å². The number of benzene rings is 1. The number of nitrogens with two attached hydrogens (primary N) is 1. The highest BCUT2D eigenvalue weighted by Gasteiger charge is 2.05. The number of hydrogen-bond donors (Lipinski definition) is 1. The van der Waals surface area contributed by atoms with Crippen molar-refractivity contribution in [3.8, 4) is 5.75 Å². The molecule has 0 aliphatic heterocycles. The van der Waals surface area contributed by atoms with Crippen LogP contribution < -0.4 is 10.5 Å². The lowest BCUT2D eigenvalue weighted by molar-refractivity contribution is 0.301.